The highest BCUT2D eigenvalue weighted by molar-refractivity contribution is 6.37. The highest BCUT2D eigenvalue weighted by Crippen LogP contribution is 2.46. The van der Waals surface area contributed by atoms with Gasteiger partial charge in [-0.15, -0.1) is 0 Å². The summed E-state index contributed by atoms with van der Waals surface area (Å²) in [6.45, 7) is 0. The lowest BCUT2D eigenvalue weighted by Crippen LogP contribution is -2.01. The summed E-state index contributed by atoms with van der Waals surface area (Å²) < 4.78 is 2.43. The van der Waals surface area contributed by atoms with Crippen LogP contribution >= 0.6 is 0 Å². The van der Waals surface area contributed by atoms with E-state index in [4.69, 9.17) is 15.0 Å². The van der Waals surface area contributed by atoms with Crippen molar-refractivity contribution in [2.75, 3.05) is 0 Å². The first-order valence-electron chi connectivity index (χ1n) is 16.6. The van der Waals surface area contributed by atoms with E-state index >= 15 is 0 Å². The van der Waals surface area contributed by atoms with Gasteiger partial charge in [0.25, 0.3) is 0 Å². The second-order valence-electron chi connectivity index (χ2n) is 12.4. The van der Waals surface area contributed by atoms with Gasteiger partial charge in [0.2, 0.25) is 0 Å². The van der Waals surface area contributed by atoms with E-state index in [1.165, 1.54) is 48.7 Å². The molecule has 10 aromatic rings. The minimum absolute atomic E-state index is 0.653. The molecule has 2 heterocycles. The number of rotatable bonds is 4. The predicted molar refractivity (Wildman–Crippen MR) is 203 cm³/mol. The summed E-state index contributed by atoms with van der Waals surface area (Å²) in [6, 6.07) is 59.6. The summed E-state index contributed by atoms with van der Waals surface area (Å²) in [5.74, 6) is 1.96. The second kappa shape index (κ2) is 11.0. The minimum atomic E-state index is 0.653. The Hall–Kier alpha value is -6.65. The van der Waals surface area contributed by atoms with Crippen LogP contribution in [-0.2, 0) is 0 Å². The van der Waals surface area contributed by atoms with Crippen LogP contribution in [0.25, 0.3) is 94.0 Å². The minimum Gasteiger partial charge on any atom is -0.309 e. The molecule has 0 spiro atoms. The maximum absolute atomic E-state index is 5.17. The van der Waals surface area contributed by atoms with E-state index in [-0.39, 0.29) is 0 Å². The molecule has 228 valence electrons. The molecule has 8 aromatic carbocycles. The Morgan fingerprint density at radius 3 is 1.49 bits per heavy atom. The molecule has 4 nitrogen and oxygen atoms in total. The molecule has 0 atom stereocenters. The van der Waals surface area contributed by atoms with E-state index in [0.717, 1.165) is 27.8 Å². The fourth-order valence-electron chi connectivity index (χ4n) is 7.49. The van der Waals surface area contributed by atoms with Crippen LogP contribution in [0.1, 0.15) is 0 Å². The predicted octanol–water partition coefficient (Wildman–Crippen LogP) is 11.4. The molecular weight excluding hydrogens is 597 g/mol. The molecule has 0 radical (unpaired) electrons. The van der Waals surface area contributed by atoms with Crippen LogP contribution < -0.4 is 0 Å². The van der Waals surface area contributed by atoms with Gasteiger partial charge in [0.15, 0.2) is 17.5 Å². The van der Waals surface area contributed by atoms with Crippen LogP contribution in [0.4, 0.5) is 0 Å². The summed E-state index contributed by atoms with van der Waals surface area (Å²) in [6.07, 6.45) is 0. The molecule has 4 heteroatoms. The van der Waals surface area contributed by atoms with Crippen LogP contribution in [-0.4, -0.2) is 19.5 Å². The zero-order valence-electron chi connectivity index (χ0n) is 26.5. The van der Waals surface area contributed by atoms with Crippen molar-refractivity contribution in [3.8, 4) is 39.9 Å². The molecule has 0 saturated carbocycles. The fraction of sp³-hybridized carbons (Fsp3) is 0. The molecule has 0 aliphatic carbocycles. The van der Waals surface area contributed by atoms with Gasteiger partial charge in [-0.25, -0.2) is 15.0 Å². The van der Waals surface area contributed by atoms with Crippen LogP contribution in [0, 0.1) is 0 Å². The zero-order valence-corrected chi connectivity index (χ0v) is 26.5. The Morgan fingerprint density at radius 1 is 0.347 bits per heavy atom. The number of fused-ring (bicyclic) bond motifs is 10. The Labute approximate surface area is 282 Å². The highest BCUT2D eigenvalue weighted by atomic mass is 15.0. The highest BCUT2D eigenvalue weighted by Gasteiger charge is 2.22. The number of hydrogen-bond donors (Lipinski definition) is 0. The number of aromatic nitrogens is 4. The first-order chi connectivity index (χ1) is 24.3. The SMILES string of the molecule is c1ccc(-c2nc(-c3ccccc3)nc(-c3cc4c5ccccc5c5c(c6ccccc6n5-c5ccccc5)c4c4ccccc34)n2)cc1. The normalized spacial score (nSPS) is 11.7. The summed E-state index contributed by atoms with van der Waals surface area (Å²) in [5, 5.41) is 9.57. The van der Waals surface area contributed by atoms with Crippen molar-refractivity contribution in [2.45, 2.75) is 0 Å². The summed E-state index contributed by atoms with van der Waals surface area (Å²) in [5.41, 5.74) is 6.43. The van der Waals surface area contributed by atoms with E-state index in [9.17, 15) is 0 Å². The number of nitrogens with zero attached hydrogens (tertiary/aromatic N) is 4. The van der Waals surface area contributed by atoms with Crippen LogP contribution in [0.5, 0.6) is 0 Å². The van der Waals surface area contributed by atoms with Gasteiger partial charge in [0.1, 0.15) is 0 Å². The smallest absolute Gasteiger partial charge is 0.164 e. The van der Waals surface area contributed by atoms with Gasteiger partial charge in [-0.1, -0.05) is 146 Å². The van der Waals surface area contributed by atoms with E-state index in [2.05, 4.69) is 138 Å². The third kappa shape index (κ3) is 4.28. The quantitative estimate of drug-likeness (QED) is 0.183. The van der Waals surface area contributed by atoms with Gasteiger partial charge in [0.05, 0.1) is 11.0 Å². The average molecular weight is 625 g/mol. The van der Waals surface area contributed by atoms with Crippen molar-refractivity contribution in [1.82, 2.24) is 19.5 Å². The maximum atomic E-state index is 5.17. The molecule has 0 aliphatic heterocycles. The molecule has 0 N–H and O–H groups in total. The lowest BCUT2D eigenvalue weighted by molar-refractivity contribution is 1.08. The molecule has 49 heavy (non-hydrogen) atoms. The van der Waals surface area contributed by atoms with E-state index in [1.54, 1.807) is 0 Å². The van der Waals surface area contributed by atoms with E-state index in [0.29, 0.717) is 17.5 Å². The van der Waals surface area contributed by atoms with Gasteiger partial charge in [0, 0.05) is 43.9 Å². The Morgan fingerprint density at radius 2 is 0.837 bits per heavy atom. The van der Waals surface area contributed by atoms with Crippen molar-refractivity contribution in [2.24, 2.45) is 0 Å². The Bertz CT molecular complexity index is 2800. The Kier molecular flexibility index (Phi) is 6.15. The fourth-order valence-corrected chi connectivity index (χ4v) is 7.49. The number of hydrogen-bond acceptors (Lipinski definition) is 3. The molecule has 0 bridgehead atoms. The van der Waals surface area contributed by atoms with Crippen molar-refractivity contribution in [1.29, 1.82) is 0 Å². The van der Waals surface area contributed by atoms with E-state index < -0.39 is 0 Å². The number of benzene rings is 8. The van der Waals surface area contributed by atoms with Crippen molar-refractivity contribution < 1.29 is 0 Å². The second-order valence-corrected chi connectivity index (χ2v) is 12.4. The van der Waals surface area contributed by atoms with Crippen LogP contribution in [0.2, 0.25) is 0 Å². The van der Waals surface area contributed by atoms with E-state index in [1.807, 2.05) is 36.4 Å². The van der Waals surface area contributed by atoms with Crippen LogP contribution in [0.15, 0.2) is 170 Å². The summed E-state index contributed by atoms with van der Waals surface area (Å²) >= 11 is 0. The first-order valence-corrected chi connectivity index (χ1v) is 16.6. The molecule has 0 saturated heterocycles. The molecular formula is C45H28N4. The lowest BCUT2D eigenvalue weighted by Gasteiger charge is -2.16. The molecule has 0 aliphatic rings. The molecule has 2 aromatic heterocycles. The van der Waals surface area contributed by atoms with Gasteiger partial charge in [-0.05, 0) is 45.8 Å². The summed E-state index contributed by atoms with van der Waals surface area (Å²) in [7, 11) is 0. The maximum Gasteiger partial charge on any atom is 0.164 e. The molecule has 10 rings (SSSR count). The molecule has 0 amide bonds. The standard InChI is InChI=1S/C45H28N4/c1-4-16-29(17-5-1)43-46-44(30-18-6-2-7-19-30)48-45(47-43)38-28-37-33-23-11-13-25-35(33)42-41(40(37)34-24-12-10-22-32(34)38)36-26-14-15-27-39(36)49(42)31-20-8-3-9-21-31/h1-28H. The van der Waals surface area contributed by atoms with Crippen LogP contribution in [0.3, 0.4) is 0 Å². The van der Waals surface area contributed by atoms with Gasteiger partial charge < -0.3 is 4.57 Å². The van der Waals surface area contributed by atoms with Gasteiger partial charge in [-0.3, -0.25) is 0 Å². The van der Waals surface area contributed by atoms with Crippen molar-refractivity contribution in [3.05, 3.63) is 170 Å². The van der Waals surface area contributed by atoms with Gasteiger partial charge >= 0.3 is 0 Å². The topological polar surface area (TPSA) is 43.6 Å². The average Bonchev–Trinajstić information content (AvgIpc) is 3.54. The molecule has 0 unspecified atom stereocenters. The van der Waals surface area contributed by atoms with Crippen molar-refractivity contribution in [3.63, 3.8) is 0 Å². The molecule has 0 fully saturated rings. The lowest BCUT2D eigenvalue weighted by atomic mass is 9.90. The first kappa shape index (κ1) is 27.5. The third-order valence-corrected chi connectivity index (χ3v) is 9.60. The number of para-hydroxylation sites is 2. The zero-order chi connectivity index (χ0) is 32.3. The van der Waals surface area contributed by atoms with Crippen molar-refractivity contribution >= 4 is 54.1 Å². The third-order valence-electron chi connectivity index (χ3n) is 9.60. The Balaban J connectivity index is 1.38. The largest absolute Gasteiger partial charge is 0.309 e. The van der Waals surface area contributed by atoms with Gasteiger partial charge in [-0.2, -0.15) is 0 Å². The summed E-state index contributed by atoms with van der Waals surface area (Å²) in [4.78, 5) is 15.3. The monoisotopic (exact) mass is 624 g/mol.